The third-order valence-electron chi connectivity index (χ3n) is 7.71. The van der Waals surface area contributed by atoms with Crippen molar-refractivity contribution in [1.29, 1.82) is 5.26 Å². The molecule has 40 heavy (non-hydrogen) atoms. The zero-order valence-electron chi connectivity index (χ0n) is 21.4. The van der Waals surface area contributed by atoms with Crippen LogP contribution in [0.4, 0.5) is 0 Å². The molecule has 0 aliphatic carbocycles. The van der Waals surface area contributed by atoms with Gasteiger partial charge in [0.2, 0.25) is 0 Å². The highest BCUT2D eigenvalue weighted by Crippen LogP contribution is 2.43. The summed E-state index contributed by atoms with van der Waals surface area (Å²) < 4.78 is 9.01. The smallest absolute Gasteiger partial charge is 0.143 e. The number of furan rings is 1. The van der Waals surface area contributed by atoms with Crippen LogP contribution in [-0.4, -0.2) is 0 Å². The van der Waals surface area contributed by atoms with E-state index in [-0.39, 0.29) is 0 Å². The number of fused-ring (bicyclic) bond motifs is 6. The van der Waals surface area contributed by atoms with Crippen LogP contribution in [0.2, 0.25) is 0 Å². The van der Waals surface area contributed by atoms with Crippen molar-refractivity contribution in [3.8, 4) is 39.4 Å². The highest BCUT2D eigenvalue weighted by molar-refractivity contribution is 7.25. The average molecular weight is 528 g/mol. The predicted molar refractivity (Wildman–Crippen MR) is 168 cm³/mol. The number of nitriles is 1. The Morgan fingerprint density at radius 3 is 2.02 bits per heavy atom. The normalized spacial score (nSPS) is 11.5. The van der Waals surface area contributed by atoms with Gasteiger partial charge in [-0.25, -0.2) is 0 Å². The molecular formula is C37H21NOS. The lowest BCUT2D eigenvalue weighted by Crippen LogP contribution is -1.88. The topological polar surface area (TPSA) is 36.9 Å². The molecule has 0 saturated carbocycles. The van der Waals surface area contributed by atoms with Gasteiger partial charge < -0.3 is 4.42 Å². The third-order valence-corrected chi connectivity index (χ3v) is 8.85. The van der Waals surface area contributed by atoms with Gasteiger partial charge in [0, 0.05) is 36.5 Å². The van der Waals surface area contributed by atoms with Crippen LogP contribution < -0.4 is 0 Å². The van der Waals surface area contributed by atoms with Crippen molar-refractivity contribution in [2.45, 2.75) is 0 Å². The van der Waals surface area contributed by atoms with Crippen molar-refractivity contribution in [3.05, 3.63) is 133 Å². The largest absolute Gasteiger partial charge is 0.455 e. The summed E-state index contributed by atoms with van der Waals surface area (Å²) >= 11 is 1.83. The van der Waals surface area contributed by atoms with E-state index in [1.54, 1.807) is 0 Å². The van der Waals surface area contributed by atoms with E-state index in [1.807, 2.05) is 47.7 Å². The molecule has 2 heterocycles. The van der Waals surface area contributed by atoms with Crippen LogP contribution in [0.25, 0.3) is 75.5 Å². The molecule has 6 aromatic carbocycles. The third kappa shape index (κ3) is 3.55. The Balaban J connectivity index is 1.43. The van der Waals surface area contributed by atoms with E-state index in [9.17, 15) is 5.26 Å². The lowest BCUT2D eigenvalue weighted by Gasteiger charge is -2.13. The predicted octanol–water partition coefficient (Wildman–Crippen LogP) is 10.8. The highest BCUT2D eigenvalue weighted by Gasteiger charge is 2.16. The standard InChI is InChI=1S/C37H21NOS/c38-22-23-15-17-24(18-16-23)25-19-26(28-9-6-14-35-36(28)32-8-2-4-13-34(32)40-35)21-27(20-25)29-10-5-11-31-30-7-1-3-12-33(30)39-37(29)31/h1-21H. The van der Waals surface area contributed by atoms with Gasteiger partial charge in [-0.2, -0.15) is 5.26 Å². The molecule has 0 unspecified atom stereocenters. The van der Waals surface area contributed by atoms with Crippen molar-refractivity contribution in [2.75, 3.05) is 0 Å². The molecular weight excluding hydrogens is 506 g/mol. The first kappa shape index (κ1) is 22.8. The summed E-state index contributed by atoms with van der Waals surface area (Å²) in [5.74, 6) is 0. The van der Waals surface area contributed by atoms with E-state index in [1.165, 1.54) is 25.7 Å². The second-order valence-corrected chi connectivity index (χ2v) is 11.1. The van der Waals surface area contributed by atoms with Gasteiger partial charge in [0.1, 0.15) is 11.2 Å². The first-order valence-electron chi connectivity index (χ1n) is 13.2. The van der Waals surface area contributed by atoms with Gasteiger partial charge in [0.25, 0.3) is 0 Å². The summed E-state index contributed by atoms with van der Waals surface area (Å²) in [5.41, 5.74) is 9.13. The fraction of sp³-hybridized carbons (Fsp3) is 0. The highest BCUT2D eigenvalue weighted by atomic mass is 32.1. The van der Waals surface area contributed by atoms with Crippen molar-refractivity contribution in [2.24, 2.45) is 0 Å². The Hall–Kier alpha value is -5.17. The number of thiophene rings is 1. The van der Waals surface area contributed by atoms with Crippen molar-refractivity contribution in [1.82, 2.24) is 0 Å². The van der Waals surface area contributed by atoms with Crippen LogP contribution in [0.5, 0.6) is 0 Å². The minimum absolute atomic E-state index is 0.654. The summed E-state index contributed by atoms with van der Waals surface area (Å²) in [4.78, 5) is 0. The quantitative estimate of drug-likeness (QED) is 0.229. The fourth-order valence-electron chi connectivity index (χ4n) is 5.83. The average Bonchev–Trinajstić information content (AvgIpc) is 3.59. The molecule has 0 N–H and O–H groups in total. The molecule has 186 valence electrons. The molecule has 0 atom stereocenters. The lowest BCUT2D eigenvalue weighted by atomic mass is 9.91. The van der Waals surface area contributed by atoms with Crippen LogP contribution in [0.1, 0.15) is 5.56 Å². The molecule has 8 aromatic rings. The van der Waals surface area contributed by atoms with Crippen LogP contribution >= 0.6 is 11.3 Å². The molecule has 8 rings (SSSR count). The van der Waals surface area contributed by atoms with Crippen LogP contribution in [0.3, 0.4) is 0 Å². The number of benzene rings is 6. The summed E-state index contributed by atoms with van der Waals surface area (Å²) in [6.07, 6.45) is 0. The number of hydrogen-bond acceptors (Lipinski definition) is 3. The molecule has 0 saturated heterocycles. The van der Waals surface area contributed by atoms with E-state index in [0.717, 1.165) is 49.8 Å². The Labute approximate surface area is 235 Å². The Kier molecular flexibility index (Phi) is 5.10. The van der Waals surface area contributed by atoms with E-state index in [4.69, 9.17) is 4.42 Å². The van der Waals surface area contributed by atoms with Crippen LogP contribution in [-0.2, 0) is 0 Å². The zero-order valence-corrected chi connectivity index (χ0v) is 22.2. The van der Waals surface area contributed by atoms with Gasteiger partial charge in [-0.1, -0.05) is 78.9 Å². The lowest BCUT2D eigenvalue weighted by molar-refractivity contribution is 0.670. The second-order valence-electron chi connectivity index (χ2n) is 10.0. The number of para-hydroxylation sites is 2. The number of nitrogens with zero attached hydrogens (tertiary/aromatic N) is 1. The van der Waals surface area contributed by atoms with E-state index in [2.05, 4.69) is 97.1 Å². The maximum Gasteiger partial charge on any atom is 0.143 e. The van der Waals surface area contributed by atoms with Crippen molar-refractivity contribution in [3.63, 3.8) is 0 Å². The SMILES string of the molecule is N#Cc1ccc(-c2cc(-c3cccc4c3oc3ccccc34)cc(-c3cccc4sc5ccccc5c34)c2)cc1. The first-order chi connectivity index (χ1) is 19.8. The van der Waals surface area contributed by atoms with Crippen molar-refractivity contribution >= 4 is 53.4 Å². The van der Waals surface area contributed by atoms with E-state index < -0.39 is 0 Å². The monoisotopic (exact) mass is 527 g/mol. The minimum Gasteiger partial charge on any atom is -0.455 e. The Morgan fingerprint density at radius 1 is 0.525 bits per heavy atom. The molecule has 0 amide bonds. The Morgan fingerprint density at radius 2 is 1.18 bits per heavy atom. The molecule has 0 aliphatic heterocycles. The summed E-state index contributed by atoms with van der Waals surface area (Å²) in [6.45, 7) is 0. The van der Waals surface area contributed by atoms with Gasteiger partial charge in [0.15, 0.2) is 0 Å². The van der Waals surface area contributed by atoms with E-state index in [0.29, 0.717) is 5.56 Å². The van der Waals surface area contributed by atoms with Gasteiger partial charge in [-0.15, -0.1) is 11.3 Å². The van der Waals surface area contributed by atoms with Gasteiger partial charge in [-0.3, -0.25) is 0 Å². The van der Waals surface area contributed by atoms with Gasteiger partial charge in [0.05, 0.1) is 11.6 Å². The molecule has 0 aliphatic rings. The summed E-state index contributed by atoms with van der Waals surface area (Å²) in [5, 5.41) is 14.2. The molecule has 2 aromatic heterocycles. The van der Waals surface area contributed by atoms with E-state index >= 15 is 0 Å². The number of rotatable bonds is 3. The molecule has 3 heteroatoms. The molecule has 0 bridgehead atoms. The second kappa shape index (κ2) is 8.95. The number of hydrogen-bond donors (Lipinski definition) is 0. The fourth-order valence-corrected chi connectivity index (χ4v) is 6.96. The zero-order chi connectivity index (χ0) is 26.6. The maximum atomic E-state index is 9.35. The summed E-state index contributed by atoms with van der Waals surface area (Å²) in [6, 6.07) is 46.7. The molecule has 0 fully saturated rings. The molecule has 0 spiro atoms. The van der Waals surface area contributed by atoms with Gasteiger partial charge in [-0.05, 0) is 76.3 Å². The minimum atomic E-state index is 0.654. The van der Waals surface area contributed by atoms with Gasteiger partial charge >= 0.3 is 0 Å². The maximum absolute atomic E-state index is 9.35. The Bertz CT molecular complexity index is 2280. The molecule has 2 nitrogen and oxygen atoms in total. The molecule has 0 radical (unpaired) electrons. The van der Waals surface area contributed by atoms with Crippen LogP contribution in [0, 0.1) is 11.3 Å². The van der Waals surface area contributed by atoms with Crippen LogP contribution in [0.15, 0.2) is 132 Å². The summed E-state index contributed by atoms with van der Waals surface area (Å²) in [7, 11) is 0. The first-order valence-corrected chi connectivity index (χ1v) is 14.1. The van der Waals surface area contributed by atoms with Crippen molar-refractivity contribution < 1.29 is 4.42 Å².